The van der Waals surface area contributed by atoms with Gasteiger partial charge in [-0.1, -0.05) is 23.2 Å². The van der Waals surface area contributed by atoms with E-state index in [9.17, 15) is 4.79 Å². The number of hydrogen-bond acceptors (Lipinski definition) is 3. The second-order valence-electron chi connectivity index (χ2n) is 4.42. The van der Waals surface area contributed by atoms with E-state index < -0.39 is 0 Å². The van der Waals surface area contributed by atoms with Crippen LogP contribution in [0.15, 0.2) is 18.2 Å². The Morgan fingerprint density at radius 3 is 2.74 bits per heavy atom. The smallest absolute Gasteiger partial charge is 0.153 e. The van der Waals surface area contributed by atoms with Crippen LogP contribution in [0, 0.1) is 13.8 Å². The minimum absolute atomic E-state index is 0.278. The summed E-state index contributed by atoms with van der Waals surface area (Å²) in [4.78, 5) is 11.0. The van der Waals surface area contributed by atoms with Crippen LogP contribution in [0.25, 0.3) is 0 Å². The van der Waals surface area contributed by atoms with Crippen LogP contribution in [0.3, 0.4) is 0 Å². The largest absolute Gasteiger partial charge is 0.487 e. The first-order chi connectivity index (χ1) is 9.02. The molecule has 1 aromatic heterocycles. The molecule has 0 saturated carbocycles. The highest BCUT2D eigenvalue weighted by molar-refractivity contribution is 6.31. The van der Waals surface area contributed by atoms with Crippen LogP contribution >= 0.6 is 11.6 Å². The van der Waals surface area contributed by atoms with Crippen LogP contribution in [0.1, 0.15) is 27.3 Å². The Morgan fingerprint density at radius 1 is 1.42 bits per heavy atom. The molecule has 19 heavy (non-hydrogen) atoms. The Kier molecular flexibility index (Phi) is 3.90. The summed E-state index contributed by atoms with van der Waals surface area (Å²) in [5.74, 6) is 0.551. The highest BCUT2D eigenvalue weighted by atomic mass is 35.5. The van der Waals surface area contributed by atoms with Crippen molar-refractivity contribution in [2.45, 2.75) is 20.5 Å². The Morgan fingerprint density at radius 2 is 2.16 bits per heavy atom. The van der Waals surface area contributed by atoms with E-state index >= 15 is 0 Å². The van der Waals surface area contributed by atoms with Crippen LogP contribution in [0.4, 0.5) is 0 Å². The van der Waals surface area contributed by atoms with E-state index in [1.807, 2.05) is 27.0 Å². The Hall–Kier alpha value is -1.81. The van der Waals surface area contributed by atoms with Crippen LogP contribution < -0.4 is 4.74 Å². The molecule has 1 heterocycles. The third kappa shape index (κ3) is 2.79. The molecule has 2 rings (SSSR count). The number of nitrogens with zero attached hydrogens (tertiary/aromatic N) is 2. The van der Waals surface area contributed by atoms with Crippen molar-refractivity contribution in [1.29, 1.82) is 0 Å². The highest BCUT2D eigenvalue weighted by Crippen LogP contribution is 2.23. The van der Waals surface area contributed by atoms with E-state index in [0.717, 1.165) is 23.2 Å². The maximum atomic E-state index is 11.0. The molecule has 0 spiro atoms. The van der Waals surface area contributed by atoms with Gasteiger partial charge in [-0.25, -0.2) is 0 Å². The number of benzene rings is 1. The molecule has 0 N–H and O–H groups in total. The molecule has 0 aliphatic heterocycles. The van der Waals surface area contributed by atoms with Crippen LogP contribution in [-0.2, 0) is 13.7 Å². The van der Waals surface area contributed by atoms with Gasteiger partial charge in [0.25, 0.3) is 0 Å². The number of carbonyl (C=O) groups excluding carboxylic acids is 1. The summed E-state index contributed by atoms with van der Waals surface area (Å²) >= 11 is 6.15. The number of ether oxygens (including phenoxy) is 1. The molecular weight excluding hydrogens is 264 g/mol. The SMILES string of the molecule is Cc1ccc(OCc2c(Cl)c(C)nn2C)c(C=O)c1. The minimum Gasteiger partial charge on any atom is -0.487 e. The van der Waals surface area contributed by atoms with Gasteiger partial charge in [-0.3, -0.25) is 9.48 Å². The molecule has 2 aromatic rings. The van der Waals surface area contributed by atoms with E-state index in [-0.39, 0.29) is 6.61 Å². The molecule has 0 atom stereocenters. The van der Waals surface area contributed by atoms with Gasteiger partial charge in [0.1, 0.15) is 12.4 Å². The molecule has 0 fully saturated rings. The normalized spacial score (nSPS) is 10.5. The lowest BCUT2D eigenvalue weighted by atomic mass is 10.1. The lowest BCUT2D eigenvalue weighted by Gasteiger charge is -2.09. The Bertz CT molecular complexity index is 620. The fourth-order valence-corrected chi connectivity index (χ4v) is 2.09. The minimum atomic E-state index is 0.278. The van der Waals surface area contributed by atoms with Crippen molar-refractivity contribution in [3.63, 3.8) is 0 Å². The molecule has 100 valence electrons. The molecule has 1 aromatic carbocycles. The van der Waals surface area contributed by atoms with Crippen molar-refractivity contribution in [3.05, 3.63) is 45.7 Å². The summed E-state index contributed by atoms with van der Waals surface area (Å²) in [5, 5.41) is 4.81. The molecule has 4 nitrogen and oxygen atoms in total. The van der Waals surface area contributed by atoms with E-state index in [1.54, 1.807) is 16.8 Å². The second-order valence-corrected chi connectivity index (χ2v) is 4.80. The molecule has 0 saturated heterocycles. The number of aldehydes is 1. The van der Waals surface area contributed by atoms with Crippen molar-refractivity contribution in [2.24, 2.45) is 7.05 Å². The topological polar surface area (TPSA) is 44.1 Å². The molecule has 0 aliphatic carbocycles. The zero-order valence-corrected chi connectivity index (χ0v) is 11.9. The van der Waals surface area contributed by atoms with Gasteiger partial charge in [-0.2, -0.15) is 5.10 Å². The van der Waals surface area contributed by atoms with E-state index in [0.29, 0.717) is 16.3 Å². The van der Waals surface area contributed by atoms with Crippen LogP contribution in [0.2, 0.25) is 5.02 Å². The van der Waals surface area contributed by atoms with E-state index in [1.165, 1.54) is 0 Å². The molecule has 0 bridgehead atoms. The van der Waals surface area contributed by atoms with Crippen LogP contribution in [-0.4, -0.2) is 16.1 Å². The summed E-state index contributed by atoms with van der Waals surface area (Å²) in [6, 6.07) is 5.48. The zero-order chi connectivity index (χ0) is 14.0. The lowest BCUT2D eigenvalue weighted by molar-refractivity contribution is 0.111. The Balaban J connectivity index is 2.21. The van der Waals surface area contributed by atoms with Gasteiger partial charge < -0.3 is 4.74 Å². The van der Waals surface area contributed by atoms with Crippen molar-refractivity contribution < 1.29 is 9.53 Å². The lowest BCUT2D eigenvalue weighted by Crippen LogP contribution is -2.04. The number of halogens is 1. The van der Waals surface area contributed by atoms with Gasteiger partial charge in [0.15, 0.2) is 6.29 Å². The predicted molar refractivity (Wildman–Crippen MR) is 73.9 cm³/mol. The third-order valence-corrected chi connectivity index (χ3v) is 3.41. The fourth-order valence-electron chi connectivity index (χ4n) is 1.87. The van der Waals surface area contributed by atoms with Crippen molar-refractivity contribution in [3.8, 4) is 5.75 Å². The first kappa shape index (κ1) is 13.6. The first-order valence-electron chi connectivity index (χ1n) is 5.89. The quantitative estimate of drug-likeness (QED) is 0.807. The van der Waals surface area contributed by atoms with Gasteiger partial charge >= 0.3 is 0 Å². The zero-order valence-electron chi connectivity index (χ0n) is 11.1. The molecule has 0 aliphatic rings. The monoisotopic (exact) mass is 278 g/mol. The highest BCUT2D eigenvalue weighted by Gasteiger charge is 2.12. The number of aryl methyl sites for hydroxylation is 3. The van der Waals surface area contributed by atoms with E-state index in [2.05, 4.69) is 5.10 Å². The fraction of sp³-hybridized carbons (Fsp3) is 0.286. The van der Waals surface area contributed by atoms with Gasteiger partial charge in [0.05, 0.1) is 22.0 Å². The average Bonchev–Trinajstić information content (AvgIpc) is 2.62. The summed E-state index contributed by atoms with van der Waals surface area (Å²) in [7, 11) is 1.81. The summed E-state index contributed by atoms with van der Waals surface area (Å²) in [6.45, 7) is 4.05. The average molecular weight is 279 g/mol. The number of aromatic nitrogens is 2. The van der Waals surface area contributed by atoms with Crippen molar-refractivity contribution in [2.75, 3.05) is 0 Å². The molecule has 0 unspecified atom stereocenters. The second kappa shape index (κ2) is 5.45. The predicted octanol–water partition coefficient (Wildman–Crippen LogP) is 3.08. The maximum absolute atomic E-state index is 11.0. The van der Waals surface area contributed by atoms with Gasteiger partial charge in [0.2, 0.25) is 0 Å². The molecular formula is C14H15ClN2O2. The standard InChI is InChI=1S/C14H15ClN2O2/c1-9-4-5-13(11(6-9)7-18)19-8-12-14(15)10(2)16-17(12)3/h4-7H,8H2,1-3H3. The summed E-state index contributed by atoms with van der Waals surface area (Å²) in [5.41, 5.74) is 3.11. The van der Waals surface area contributed by atoms with Gasteiger partial charge in [-0.05, 0) is 26.0 Å². The van der Waals surface area contributed by atoms with E-state index in [4.69, 9.17) is 16.3 Å². The first-order valence-corrected chi connectivity index (χ1v) is 6.27. The molecule has 0 amide bonds. The Labute approximate surface area is 116 Å². The molecule has 0 radical (unpaired) electrons. The third-order valence-electron chi connectivity index (χ3n) is 2.92. The molecule has 5 heteroatoms. The maximum Gasteiger partial charge on any atom is 0.153 e. The van der Waals surface area contributed by atoms with Crippen molar-refractivity contribution >= 4 is 17.9 Å². The number of rotatable bonds is 4. The van der Waals surface area contributed by atoms with Gasteiger partial charge in [0, 0.05) is 7.05 Å². The number of carbonyl (C=O) groups is 1. The summed E-state index contributed by atoms with van der Waals surface area (Å²) < 4.78 is 7.35. The number of hydrogen-bond donors (Lipinski definition) is 0. The van der Waals surface area contributed by atoms with Crippen LogP contribution in [0.5, 0.6) is 5.75 Å². The van der Waals surface area contributed by atoms with Gasteiger partial charge in [-0.15, -0.1) is 0 Å². The van der Waals surface area contributed by atoms with Crippen molar-refractivity contribution in [1.82, 2.24) is 9.78 Å². The summed E-state index contributed by atoms with van der Waals surface area (Å²) in [6.07, 6.45) is 0.790.